The largest absolute Gasteiger partial charge is 0.508 e. The van der Waals surface area contributed by atoms with Gasteiger partial charge >= 0.3 is 0 Å². The van der Waals surface area contributed by atoms with Crippen LogP contribution in [0.4, 0.5) is 10.1 Å². The van der Waals surface area contributed by atoms with Crippen molar-refractivity contribution >= 4 is 5.69 Å². The molecule has 1 saturated heterocycles. The molecule has 1 aliphatic heterocycles. The smallest absolute Gasteiger partial charge is 0.165 e. The number of nitrogens with zero attached hydrogens (tertiary/aromatic N) is 2. The van der Waals surface area contributed by atoms with E-state index in [1.54, 1.807) is 25.3 Å². The Kier molecular flexibility index (Phi) is 7.85. The van der Waals surface area contributed by atoms with Crippen LogP contribution in [-0.4, -0.2) is 49.9 Å². The van der Waals surface area contributed by atoms with E-state index in [2.05, 4.69) is 28.9 Å². The molecule has 196 valence electrons. The molecule has 0 radical (unpaired) electrons. The zero-order chi connectivity index (χ0) is 25.8. The number of phenols is 1. The third-order valence-corrected chi connectivity index (χ3v) is 7.80. The molecule has 0 amide bonds. The molecule has 1 atom stereocenters. The summed E-state index contributed by atoms with van der Waals surface area (Å²) in [6.07, 6.45) is 4.14. The van der Waals surface area contributed by atoms with Crippen molar-refractivity contribution in [1.29, 1.82) is 0 Å². The van der Waals surface area contributed by atoms with E-state index in [4.69, 9.17) is 9.47 Å². The third-order valence-electron chi connectivity index (χ3n) is 7.80. The molecule has 1 heterocycles. The summed E-state index contributed by atoms with van der Waals surface area (Å²) in [4.78, 5) is 4.61. The Morgan fingerprint density at radius 1 is 1.05 bits per heavy atom. The number of likely N-dealkylation sites (tertiary alicyclic amines) is 1. The quantitative estimate of drug-likeness (QED) is 0.371. The summed E-state index contributed by atoms with van der Waals surface area (Å²) in [5.74, 6) is 1.53. The van der Waals surface area contributed by atoms with Gasteiger partial charge in [-0.15, -0.1) is 0 Å². The van der Waals surface area contributed by atoms with E-state index in [1.807, 2.05) is 24.3 Å². The second kappa shape index (κ2) is 11.4. The summed E-state index contributed by atoms with van der Waals surface area (Å²) in [6.45, 7) is 7.09. The first-order chi connectivity index (χ1) is 18.0. The molecule has 0 unspecified atom stereocenters. The molecule has 0 spiro atoms. The highest BCUT2D eigenvalue weighted by Crippen LogP contribution is 2.40. The lowest BCUT2D eigenvalue weighted by molar-refractivity contribution is 0.145. The molecule has 2 aliphatic rings. The molecule has 1 fully saturated rings. The van der Waals surface area contributed by atoms with Crippen molar-refractivity contribution in [2.45, 2.75) is 45.1 Å². The fourth-order valence-electron chi connectivity index (χ4n) is 5.51. The Morgan fingerprint density at radius 2 is 1.92 bits per heavy atom. The van der Waals surface area contributed by atoms with Gasteiger partial charge in [0.1, 0.15) is 18.1 Å². The average Bonchev–Trinajstić information content (AvgIpc) is 2.89. The van der Waals surface area contributed by atoms with Gasteiger partial charge in [0.2, 0.25) is 0 Å². The summed E-state index contributed by atoms with van der Waals surface area (Å²) in [7, 11) is 1.69. The standard InChI is InChI=1S/C31H37FN2O3/c1-3-34(21-22-5-12-31(29(32)17-22)37-16-15-33-13-4-14-33)30-20-27(36-2)10-11-28(30)25-7-6-24-19-26(35)9-8-23(24)18-25/h5,8-12,17,19-20,25,35H,3-4,6-7,13-16,18,21H2,1-2H3/t25-/m0/s1. The van der Waals surface area contributed by atoms with Crippen LogP contribution in [0, 0.1) is 5.82 Å². The SMILES string of the molecule is CCN(Cc1ccc(OCCN2CCC2)c(F)c1)c1cc(OC)ccc1[C@H]1CCc2cc(O)ccc2C1. The Morgan fingerprint density at radius 3 is 2.65 bits per heavy atom. The number of halogens is 1. The summed E-state index contributed by atoms with van der Waals surface area (Å²) < 4.78 is 26.2. The topological polar surface area (TPSA) is 45.2 Å². The first-order valence-corrected chi connectivity index (χ1v) is 13.4. The highest BCUT2D eigenvalue weighted by molar-refractivity contribution is 5.60. The summed E-state index contributed by atoms with van der Waals surface area (Å²) in [6, 6.07) is 17.4. The van der Waals surface area contributed by atoms with E-state index in [-0.39, 0.29) is 5.82 Å². The highest BCUT2D eigenvalue weighted by atomic mass is 19.1. The van der Waals surface area contributed by atoms with Crippen LogP contribution in [0.2, 0.25) is 0 Å². The number of ether oxygens (including phenoxy) is 2. The molecular weight excluding hydrogens is 467 g/mol. The number of benzene rings is 3. The maximum Gasteiger partial charge on any atom is 0.165 e. The fraction of sp³-hybridized carbons (Fsp3) is 0.419. The molecular formula is C31H37FN2O3. The number of hydrogen-bond donors (Lipinski definition) is 1. The highest BCUT2D eigenvalue weighted by Gasteiger charge is 2.25. The number of phenolic OH excluding ortho intramolecular Hbond substituents is 1. The Bertz CT molecular complexity index is 1230. The molecule has 6 heteroatoms. The summed E-state index contributed by atoms with van der Waals surface area (Å²) in [5.41, 5.74) is 5.86. The van der Waals surface area contributed by atoms with Gasteiger partial charge in [-0.2, -0.15) is 0 Å². The third kappa shape index (κ3) is 5.85. The lowest BCUT2D eigenvalue weighted by Crippen LogP contribution is -2.39. The van der Waals surface area contributed by atoms with Crippen LogP contribution in [0.5, 0.6) is 17.2 Å². The van der Waals surface area contributed by atoms with Gasteiger partial charge in [-0.1, -0.05) is 18.2 Å². The molecule has 0 bridgehead atoms. The van der Waals surface area contributed by atoms with Crippen LogP contribution in [-0.2, 0) is 19.4 Å². The van der Waals surface area contributed by atoms with E-state index in [9.17, 15) is 9.50 Å². The van der Waals surface area contributed by atoms with Gasteiger partial charge in [-0.25, -0.2) is 4.39 Å². The number of fused-ring (bicyclic) bond motifs is 1. The van der Waals surface area contributed by atoms with Crippen molar-refractivity contribution in [1.82, 2.24) is 4.90 Å². The van der Waals surface area contributed by atoms with Crippen molar-refractivity contribution < 1.29 is 19.0 Å². The predicted molar refractivity (Wildman–Crippen MR) is 146 cm³/mol. The van der Waals surface area contributed by atoms with Gasteiger partial charge in [0.25, 0.3) is 0 Å². The number of aryl methyl sites for hydroxylation is 1. The predicted octanol–water partition coefficient (Wildman–Crippen LogP) is 5.92. The number of anilines is 1. The molecule has 3 aromatic rings. The first-order valence-electron chi connectivity index (χ1n) is 13.4. The van der Waals surface area contributed by atoms with Crippen LogP contribution in [0.3, 0.4) is 0 Å². The zero-order valence-electron chi connectivity index (χ0n) is 21.9. The van der Waals surface area contributed by atoms with Gasteiger partial charge in [-0.05, 0) is 104 Å². The maximum atomic E-state index is 14.9. The lowest BCUT2D eigenvalue weighted by atomic mass is 9.79. The van der Waals surface area contributed by atoms with Crippen molar-refractivity contribution in [3.8, 4) is 17.2 Å². The Labute approximate surface area is 219 Å². The van der Waals surface area contributed by atoms with Crippen LogP contribution in [0.1, 0.15) is 47.9 Å². The second-order valence-corrected chi connectivity index (χ2v) is 10.1. The van der Waals surface area contributed by atoms with Crippen molar-refractivity contribution in [2.75, 3.05) is 44.8 Å². The average molecular weight is 505 g/mol. The van der Waals surface area contributed by atoms with Crippen molar-refractivity contribution in [2.24, 2.45) is 0 Å². The van der Waals surface area contributed by atoms with E-state index in [1.165, 1.54) is 23.1 Å². The van der Waals surface area contributed by atoms with Crippen LogP contribution in [0.25, 0.3) is 0 Å². The maximum absolute atomic E-state index is 14.9. The molecule has 0 aromatic heterocycles. The van der Waals surface area contributed by atoms with Gasteiger partial charge in [0, 0.05) is 31.4 Å². The van der Waals surface area contributed by atoms with Crippen molar-refractivity contribution in [3.05, 3.63) is 82.7 Å². The molecule has 37 heavy (non-hydrogen) atoms. The van der Waals surface area contributed by atoms with Gasteiger partial charge < -0.3 is 19.5 Å². The number of aromatic hydroxyl groups is 1. The van der Waals surface area contributed by atoms with Gasteiger partial charge in [0.05, 0.1) is 7.11 Å². The van der Waals surface area contributed by atoms with Crippen LogP contribution in [0.15, 0.2) is 54.6 Å². The Balaban J connectivity index is 1.34. The molecule has 1 aliphatic carbocycles. The van der Waals surface area contributed by atoms with Crippen LogP contribution < -0.4 is 14.4 Å². The zero-order valence-corrected chi connectivity index (χ0v) is 21.9. The molecule has 5 rings (SSSR count). The lowest BCUT2D eigenvalue weighted by Gasteiger charge is -2.32. The first kappa shape index (κ1) is 25.4. The monoisotopic (exact) mass is 504 g/mol. The van der Waals surface area contributed by atoms with E-state index < -0.39 is 0 Å². The fourth-order valence-corrected chi connectivity index (χ4v) is 5.51. The summed E-state index contributed by atoms with van der Waals surface area (Å²) >= 11 is 0. The number of hydrogen-bond acceptors (Lipinski definition) is 5. The summed E-state index contributed by atoms with van der Waals surface area (Å²) in [5, 5.41) is 9.87. The Hall–Kier alpha value is -3.25. The van der Waals surface area contributed by atoms with E-state index in [0.29, 0.717) is 30.6 Å². The van der Waals surface area contributed by atoms with Gasteiger partial charge in [0.15, 0.2) is 11.6 Å². The minimum absolute atomic E-state index is 0.310. The number of rotatable bonds is 10. The molecule has 3 aromatic carbocycles. The van der Waals surface area contributed by atoms with E-state index >= 15 is 0 Å². The van der Waals surface area contributed by atoms with Gasteiger partial charge in [-0.3, -0.25) is 4.90 Å². The molecule has 5 nitrogen and oxygen atoms in total. The van der Waals surface area contributed by atoms with Crippen LogP contribution >= 0.6 is 0 Å². The second-order valence-electron chi connectivity index (χ2n) is 10.1. The molecule has 0 saturated carbocycles. The van der Waals surface area contributed by atoms with E-state index in [0.717, 1.165) is 62.4 Å². The number of methoxy groups -OCH3 is 1. The van der Waals surface area contributed by atoms with Crippen molar-refractivity contribution in [3.63, 3.8) is 0 Å². The molecule has 1 N–H and O–H groups in total. The minimum Gasteiger partial charge on any atom is -0.508 e. The minimum atomic E-state index is -0.310. The normalized spacial score (nSPS) is 17.1.